The first-order valence-corrected chi connectivity index (χ1v) is 6.79. The Hall–Kier alpha value is -1.34. The average molecular weight is 282 g/mol. The summed E-state index contributed by atoms with van der Waals surface area (Å²) in [7, 11) is 1.61. The number of aliphatic hydroxyl groups is 1. The molecule has 0 saturated carbocycles. The lowest BCUT2D eigenvalue weighted by molar-refractivity contribution is -0.000796. The lowest BCUT2D eigenvalue weighted by Crippen LogP contribution is -2.48. The van der Waals surface area contributed by atoms with Crippen LogP contribution in [0, 0.1) is 0 Å². The van der Waals surface area contributed by atoms with Crippen molar-refractivity contribution in [3.05, 3.63) is 24.3 Å². The first-order chi connectivity index (χ1) is 9.78. The SMILES string of the molecule is COc1cccc(OCC(O)CNN2CCOCC2)c1. The molecule has 1 heterocycles. The zero-order chi connectivity index (χ0) is 14.2. The van der Waals surface area contributed by atoms with Crippen molar-refractivity contribution in [2.75, 3.05) is 46.6 Å². The molecule has 2 rings (SSSR count). The Morgan fingerprint density at radius 1 is 1.35 bits per heavy atom. The Morgan fingerprint density at radius 3 is 2.85 bits per heavy atom. The quantitative estimate of drug-likeness (QED) is 0.748. The van der Waals surface area contributed by atoms with Crippen molar-refractivity contribution in [1.29, 1.82) is 0 Å². The van der Waals surface area contributed by atoms with E-state index in [1.807, 2.05) is 18.2 Å². The molecule has 0 aliphatic carbocycles. The molecule has 1 fully saturated rings. The highest BCUT2D eigenvalue weighted by Gasteiger charge is 2.12. The second-order valence-electron chi connectivity index (χ2n) is 4.61. The third kappa shape index (κ3) is 4.97. The lowest BCUT2D eigenvalue weighted by Gasteiger charge is -2.28. The zero-order valence-corrected chi connectivity index (χ0v) is 11.7. The number of aliphatic hydroxyl groups excluding tert-OH is 1. The van der Waals surface area contributed by atoms with Crippen LogP contribution in [0.3, 0.4) is 0 Å². The van der Waals surface area contributed by atoms with Crippen LogP contribution in [0.15, 0.2) is 24.3 Å². The maximum Gasteiger partial charge on any atom is 0.123 e. The highest BCUT2D eigenvalue weighted by atomic mass is 16.5. The minimum absolute atomic E-state index is 0.241. The molecule has 112 valence electrons. The maximum absolute atomic E-state index is 9.89. The maximum atomic E-state index is 9.89. The Labute approximate surface area is 119 Å². The topological polar surface area (TPSA) is 63.2 Å². The molecule has 0 spiro atoms. The van der Waals surface area contributed by atoms with Gasteiger partial charge in [-0.2, -0.15) is 0 Å². The number of hydrazine groups is 1. The van der Waals surface area contributed by atoms with Crippen LogP contribution in [0.1, 0.15) is 0 Å². The van der Waals surface area contributed by atoms with E-state index in [0.717, 1.165) is 32.1 Å². The molecule has 2 N–H and O–H groups in total. The van der Waals surface area contributed by atoms with Crippen LogP contribution in [-0.4, -0.2) is 62.8 Å². The Bertz CT molecular complexity index is 397. The molecular weight excluding hydrogens is 260 g/mol. The number of methoxy groups -OCH3 is 1. The predicted octanol–water partition coefficient (Wildman–Crippen LogP) is 0.272. The molecule has 1 aromatic carbocycles. The van der Waals surface area contributed by atoms with Gasteiger partial charge in [0.25, 0.3) is 0 Å². The molecule has 1 aliphatic heterocycles. The summed E-state index contributed by atoms with van der Waals surface area (Å²) in [6, 6.07) is 7.34. The van der Waals surface area contributed by atoms with Gasteiger partial charge in [0.05, 0.1) is 20.3 Å². The molecule has 1 atom stereocenters. The third-order valence-corrected chi connectivity index (χ3v) is 3.05. The van der Waals surface area contributed by atoms with Crippen LogP contribution in [0.5, 0.6) is 11.5 Å². The summed E-state index contributed by atoms with van der Waals surface area (Å²) >= 11 is 0. The van der Waals surface area contributed by atoms with Crippen LogP contribution in [-0.2, 0) is 4.74 Å². The fourth-order valence-electron chi connectivity index (χ4n) is 1.90. The van der Waals surface area contributed by atoms with E-state index >= 15 is 0 Å². The molecular formula is C14H22N2O4. The van der Waals surface area contributed by atoms with Gasteiger partial charge in [-0.1, -0.05) is 6.07 Å². The van der Waals surface area contributed by atoms with Crippen LogP contribution < -0.4 is 14.9 Å². The normalized spacial score (nSPS) is 17.7. The molecule has 1 unspecified atom stereocenters. The van der Waals surface area contributed by atoms with E-state index in [0.29, 0.717) is 12.3 Å². The summed E-state index contributed by atoms with van der Waals surface area (Å²) in [5.74, 6) is 1.43. The zero-order valence-electron chi connectivity index (χ0n) is 11.7. The highest BCUT2D eigenvalue weighted by molar-refractivity contribution is 5.32. The minimum atomic E-state index is -0.566. The van der Waals surface area contributed by atoms with E-state index in [1.54, 1.807) is 13.2 Å². The number of rotatable bonds is 7. The van der Waals surface area contributed by atoms with E-state index in [1.165, 1.54) is 0 Å². The van der Waals surface area contributed by atoms with Crippen LogP contribution >= 0.6 is 0 Å². The van der Waals surface area contributed by atoms with Crippen molar-refractivity contribution in [2.45, 2.75) is 6.10 Å². The molecule has 0 radical (unpaired) electrons. The summed E-state index contributed by atoms with van der Waals surface area (Å²) in [5, 5.41) is 11.9. The minimum Gasteiger partial charge on any atom is -0.497 e. The van der Waals surface area contributed by atoms with Crippen LogP contribution in [0.2, 0.25) is 0 Å². The number of morpholine rings is 1. The molecule has 0 amide bonds. The van der Waals surface area contributed by atoms with Gasteiger partial charge in [-0.25, -0.2) is 5.01 Å². The number of nitrogens with one attached hydrogen (secondary N) is 1. The number of hydrogen-bond donors (Lipinski definition) is 2. The van der Waals surface area contributed by atoms with E-state index in [2.05, 4.69) is 10.4 Å². The van der Waals surface area contributed by atoms with E-state index < -0.39 is 6.10 Å². The number of nitrogens with zero attached hydrogens (tertiary/aromatic N) is 1. The summed E-state index contributed by atoms with van der Waals surface area (Å²) in [6.45, 7) is 3.83. The van der Waals surface area contributed by atoms with Gasteiger partial charge in [-0.05, 0) is 12.1 Å². The fourth-order valence-corrected chi connectivity index (χ4v) is 1.90. The van der Waals surface area contributed by atoms with Crippen LogP contribution in [0.25, 0.3) is 0 Å². The number of benzene rings is 1. The van der Waals surface area contributed by atoms with Gasteiger partial charge < -0.3 is 19.3 Å². The monoisotopic (exact) mass is 282 g/mol. The van der Waals surface area contributed by atoms with Gasteiger partial charge in [0.15, 0.2) is 0 Å². The van der Waals surface area contributed by atoms with Gasteiger partial charge in [-0.15, -0.1) is 0 Å². The summed E-state index contributed by atoms with van der Waals surface area (Å²) in [6.07, 6.45) is -0.566. The third-order valence-electron chi connectivity index (χ3n) is 3.05. The Kier molecular flexibility index (Phi) is 6.07. The Balaban J connectivity index is 1.67. The van der Waals surface area contributed by atoms with Crippen molar-refractivity contribution in [3.8, 4) is 11.5 Å². The molecule has 6 heteroatoms. The van der Waals surface area contributed by atoms with Crippen molar-refractivity contribution >= 4 is 0 Å². The lowest BCUT2D eigenvalue weighted by atomic mass is 10.3. The first-order valence-electron chi connectivity index (χ1n) is 6.79. The van der Waals surface area contributed by atoms with Crippen molar-refractivity contribution in [2.24, 2.45) is 0 Å². The van der Waals surface area contributed by atoms with Gasteiger partial charge in [0.1, 0.15) is 24.2 Å². The first kappa shape index (κ1) is 15.1. The number of ether oxygens (including phenoxy) is 3. The summed E-state index contributed by atoms with van der Waals surface area (Å²) in [5.41, 5.74) is 3.18. The van der Waals surface area contributed by atoms with Gasteiger partial charge in [0, 0.05) is 25.7 Å². The molecule has 0 bridgehead atoms. The molecule has 1 aromatic rings. The van der Waals surface area contributed by atoms with Gasteiger partial charge in [0.2, 0.25) is 0 Å². The van der Waals surface area contributed by atoms with E-state index in [4.69, 9.17) is 14.2 Å². The summed E-state index contributed by atoms with van der Waals surface area (Å²) in [4.78, 5) is 0. The Morgan fingerprint density at radius 2 is 2.10 bits per heavy atom. The second kappa shape index (κ2) is 8.06. The molecule has 1 aliphatic rings. The highest BCUT2D eigenvalue weighted by Crippen LogP contribution is 2.18. The average Bonchev–Trinajstić information content (AvgIpc) is 2.52. The number of hydrogen-bond acceptors (Lipinski definition) is 6. The smallest absolute Gasteiger partial charge is 0.123 e. The fraction of sp³-hybridized carbons (Fsp3) is 0.571. The van der Waals surface area contributed by atoms with Gasteiger partial charge >= 0.3 is 0 Å². The molecule has 1 saturated heterocycles. The van der Waals surface area contributed by atoms with Crippen molar-refractivity contribution in [1.82, 2.24) is 10.4 Å². The standard InChI is InChI=1S/C14H22N2O4/c1-18-13-3-2-4-14(9-13)20-11-12(17)10-15-16-5-7-19-8-6-16/h2-4,9,12,15,17H,5-8,10-11H2,1H3. The van der Waals surface area contributed by atoms with E-state index in [-0.39, 0.29) is 6.61 Å². The molecule has 0 aromatic heterocycles. The largest absolute Gasteiger partial charge is 0.497 e. The van der Waals surface area contributed by atoms with Gasteiger partial charge in [-0.3, -0.25) is 5.43 Å². The van der Waals surface area contributed by atoms with Crippen molar-refractivity contribution in [3.63, 3.8) is 0 Å². The second-order valence-corrected chi connectivity index (χ2v) is 4.61. The van der Waals surface area contributed by atoms with Crippen molar-refractivity contribution < 1.29 is 19.3 Å². The summed E-state index contributed by atoms with van der Waals surface area (Å²) < 4.78 is 15.9. The van der Waals surface area contributed by atoms with Crippen LogP contribution in [0.4, 0.5) is 0 Å². The molecule has 6 nitrogen and oxygen atoms in total. The molecule has 20 heavy (non-hydrogen) atoms. The predicted molar refractivity (Wildman–Crippen MR) is 74.9 cm³/mol. The van der Waals surface area contributed by atoms with E-state index in [9.17, 15) is 5.11 Å².